The fourth-order valence-electron chi connectivity index (χ4n) is 3.50. The third-order valence-electron chi connectivity index (χ3n) is 4.74. The van der Waals surface area contributed by atoms with Crippen molar-refractivity contribution in [2.45, 2.75) is 39.4 Å². The number of aryl methyl sites for hydroxylation is 1. The smallest absolute Gasteiger partial charge is 0.253 e. The second-order valence-corrected chi connectivity index (χ2v) is 7.07. The van der Waals surface area contributed by atoms with Crippen LogP contribution in [-0.2, 0) is 19.6 Å². The highest BCUT2D eigenvalue weighted by Gasteiger charge is 2.17. The van der Waals surface area contributed by atoms with E-state index in [2.05, 4.69) is 27.9 Å². The molecule has 0 saturated carbocycles. The van der Waals surface area contributed by atoms with Crippen LogP contribution in [-0.4, -0.2) is 47.8 Å². The highest BCUT2D eigenvalue weighted by atomic mass is 16.1. The third-order valence-corrected chi connectivity index (χ3v) is 4.74. The molecule has 2 aromatic rings. The molecule has 2 heterocycles. The van der Waals surface area contributed by atoms with E-state index in [0.29, 0.717) is 12.1 Å². The minimum atomic E-state index is -0.0647. The van der Waals surface area contributed by atoms with E-state index in [1.807, 2.05) is 43.3 Å². The zero-order valence-corrected chi connectivity index (χ0v) is 16.0. The molecule has 0 atom stereocenters. The van der Waals surface area contributed by atoms with Crippen LogP contribution in [0.2, 0.25) is 0 Å². The van der Waals surface area contributed by atoms with Crippen molar-refractivity contribution in [1.29, 1.82) is 0 Å². The number of fused-ring (bicyclic) bond motifs is 1. The van der Waals surface area contributed by atoms with Gasteiger partial charge in [0.15, 0.2) is 0 Å². The number of para-hydroxylation sites is 1. The molecule has 6 heteroatoms. The van der Waals surface area contributed by atoms with Crippen LogP contribution in [0.4, 0.5) is 5.69 Å². The molecule has 0 bridgehead atoms. The first-order valence-corrected chi connectivity index (χ1v) is 9.41. The summed E-state index contributed by atoms with van der Waals surface area (Å²) < 4.78 is 2.10. The molecule has 1 N–H and O–H groups in total. The highest BCUT2D eigenvalue weighted by Crippen LogP contribution is 2.18. The van der Waals surface area contributed by atoms with E-state index < -0.39 is 0 Å². The maximum Gasteiger partial charge on any atom is 0.253 e. The third kappa shape index (κ3) is 4.25. The second-order valence-electron chi connectivity index (χ2n) is 7.07. The summed E-state index contributed by atoms with van der Waals surface area (Å²) in [6, 6.07) is 9.78. The molecule has 0 aliphatic carbocycles. The number of carbonyl (C=O) groups is 1. The molecule has 1 amide bonds. The molecule has 1 aromatic heterocycles. The number of hydrogen-bond acceptors (Lipinski definition) is 4. The lowest BCUT2D eigenvalue weighted by Gasteiger charge is -2.17. The van der Waals surface area contributed by atoms with Gasteiger partial charge in [-0.2, -0.15) is 5.10 Å². The lowest BCUT2D eigenvalue weighted by molar-refractivity contribution is 0.0951. The van der Waals surface area contributed by atoms with E-state index >= 15 is 0 Å². The number of nitrogens with zero attached hydrogens (tertiary/aromatic N) is 4. The Kier molecular flexibility index (Phi) is 5.93. The predicted molar refractivity (Wildman–Crippen MR) is 104 cm³/mol. The van der Waals surface area contributed by atoms with Crippen molar-refractivity contribution in [3.63, 3.8) is 0 Å². The molecule has 1 aliphatic rings. The summed E-state index contributed by atoms with van der Waals surface area (Å²) in [4.78, 5) is 17.0. The standard InChI is InChI=1S/C20H29N5O/c1-4-10-24-11-7-12-25-17(15-24)13-16(22-25)14-21-20(26)18-8-5-6-9-19(18)23(2)3/h5-6,8-9,13H,4,7,10-12,14-15H2,1-3H3,(H,21,26). The first-order valence-electron chi connectivity index (χ1n) is 9.41. The average molecular weight is 355 g/mol. The molecule has 0 fully saturated rings. The molecule has 0 radical (unpaired) electrons. The van der Waals surface area contributed by atoms with Gasteiger partial charge in [0.05, 0.1) is 23.5 Å². The molecule has 140 valence electrons. The molecule has 0 saturated heterocycles. The zero-order valence-electron chi connectivity index (χ0n) is 16.0. The fraction of sp³-hybridized carbons (Fsp3) is 0.500. The van der Waals surface area contributed by atoms with Crippen molar-refractivity contribution in [3.8, 4) is 0 Å². The second kappa shape index (κ2) is 8.36. The lowest BCUT2D eigenvalue weighted by Crippen LogP contribution is -2.25. The van der Waals surface area contributed by atoms with Gasteiger partial charge in [-0.25, -0.2) is 0 Å². The van der Waals surface area contributed by atoms with Crippen molar-refractivity contribution < 1.29 is 4.79 Å². The zero-order chi connectivity index (χ0) is 18.5. The van der Waals surface area contributed by atoms with Crippen molar-refractivity contribution in [1.82, 2.24) is 20.0 Å². The summed E-state index contributed by atoms with van der Waals surface area (Å²) in [6.07, 6.45) is 2.29. The Morgan fingerprint density at radius 2 is 2.08 bits per heavy atom. The Bertz CT molecular complexity index is 752. The van der Waals surface area contributed by atoms with Gasteiger partial charge in [0.1, 0.15) is 0 Å². The largest absolute Gasteiger partial charge is 0.377 e. The molecular weight excluding hydrogens is 326 g/mol. The molecular formula is C20H29N5O. The van der Waals surface area contributed by atoms with Gasteiger partial charge in [0, 0.05) is 39.4 Å². The molecule has 0 spiro atoms. The number of aromatic nitrogens is 2. The van der Waals surface area contributed by atoms with Crippen LogP contribution in [0, 0.1) is 0 Å². The lowest BCUT2D eigenvalue weighted by atomic mass is 10.1. The fourth-order valence-corrected chi connectivity index (χ4v) is 3.50. The maximum atomic E-state index is 12.6. The van der Waals surface area contributed by atoms with Crippen LogP contribution in [0.3, 0.4) is 0 Å². The Morgan fingerprint density at radius 1 is 1.27 bits per heavy atom. The van der Waals surface area contributed by atoms with Crippen LogP contribution < -0.4 is 10.2 Å². The van der Waals surface area contributed by atoms with Gasteiger partial charge in [-0.3, -0.25) is 14.4 Å². The topological polar surface area (TPSA) is 53.4 Å². The van der Waals surface area contributed by atoms with E-state index in [4.69, 9.17) is 5.10 Å². The molecule has 26 heavy (non-hydrogen) atoms. The number of rotatable bonds is 6. The van der Waals surface area contributed by atoms with Crippen LogP contribution in [0.25, 0.3) is 0 Å². The van der Waals surface area contributed by atoms with E-state index in [1.165, 1.54) is 12.1 Å². The van der Waals surface area contributed by atoms with E-state index in [1.54, 1.807) is 0 Å². The first kappa shape index (κ1) is 18.5. The predicted octanol–water partition coefficient (Wildman–Crippen LogP) is 2.49. The summed E-state index contributed by atoms with van der Waals surface area (Å²) in [6.45, 7) is 6.82. The Morgan fingerprint density at radius 3 is 2.85 bits per heavy atom. The van der Waals surface area contributed by atoms with Gasteiger partial charge in [-0.15, -0.1) is 0 Å². The van der Waals surface area contributed by atoms with E-state index in [9.17, 15) is 4.79 Å². The monoisotopic (exact) mass is 355 g/mol. The highest BCUT2D eigenvalue weighted by molar-refractivity contribution is 5.99. The molecule has 1 aliphatic heterocycles. The summed E-state index contributed by atoms with van der Waals surface area (Å²) in [7, 11) is 3.89. The Labute approximate surface area is 155 Å². The van der Waals surface area contributed by atoms with Gasteiger partial charge in [-0.1, -0.05) is 19.1 Å². The number of nitrogens with one attached hydrogen (secondary N) is 1. The molecule has 6 nitrogen and oxygen atoms in total. The molecule has 3 rings (SSSR count). The van der Waals surface area contributed by atoms with Crippen molar-refractivity contribution in [2.75, 3.05) is 32.1 Å². The maximum absolute atomic E-state index is 12.6. The minimum Gasteiger partial charge on any atom is -0.377 e. The summed E-state index contributed by atoms with van der Waals surface area (Å²) in [5, 5.41) is 7.71. The van der Waals surface area contributed by atoms with Crippen molar-refractivity contribution >= 4 is 11.6 Å². The van der Waals surface area contributed by atoms with Gasteiger partial charge >= 0.3 is 0 Å². The van der Waals surface area contributed by atoms with Crippen LogP contribution in [0.15, 0.2) is 30.3 Å². The summed E-state index contributed by atoms with van der Waals surface area (Å²) >= 11 is 0. The molecule has 0 unspecified atom stereocenters. The normalized spacial score (nSPS) is 14.6. The number of amides is 1. The van der Waals surface area contributed by atoms with Crippen molar-refractivity contribution in [2.24, 2.45) is 0 Å². The van der Waals surface area contributed by atoms with Crippen LogP contribution >= 0.6 is 0 Å². The molecule has 1 aromatic carbocycles. The number of anilines is 1. The Balaban J connectivity index is 1.66. The van der Waals surface area contributed by atoms with E-state index in [-0.39, 0.29) is 5.91 Å². The van der Waals surface area contributed by atoms with Crippen LogP contribution in [0.5, 0.6) is 0 Å². The van der Waals surface area contributed by atoms with Gasteiger partial charge < -0.3 is 10.2 Å². The first-order chi connectivity index (χ1) is 12.6. The SMILES string of the molecule is CCCN1CCCn2nc(CNC(=O)c3ccccc3N(C)C)cc2C1. The van der Waals surface area contributed by atoms with Gasteiger partial charge in [0.2, 0.25) is 0 Å². The number of hydrogen-bond donors (Lipinski definition) is 1. The van der Waals surface area contributed by atoms with Crippen LogP contribution in [0.1, 0.15) is 41.5 Å². The Hall–Kier alpha value is -2.34. The van der Waals surface area contributed by atoms with E-state index in [0.717, 1.165) is 44.0 Å². The average Bonchev–Trinajstić information content (AvgIpc) is 2.91. The number of carbonyl (C=O) groups excluding carboxylic acids is 1. The summed E-state index contributed by atoms with van der Waals surface area (Å²) in [5.74, 6) is -0.0647. The summed E-state index contributed by atoms with van der Waals surface area (Å²) in [5.41, 5.74) is 3.77. The minimum absolute atomic E-state index is 0.0647. The van der Waals surface area contributed by atoms with Gasteiger partial charge in [0.25, 0.3) is 5.91 Å². The van der Waals surface area contributed by atoms with Crippen molar-refractivity contribution in [3.05, 3.63) is 47.3 Å². The quantitative estimate of drug-likeness (QED) is 0.865. The number of benzene rings is 1. The van der Waals surface area contributed by atoms with Gasteiger partial charge in [-0.05, 0) is 37.6 Å².